The Balaban J connectivity index is 2.16. The Morgan fingerprint density at radius 2 is 2.25 bits per heavy atom. The predicted octanol–water partition coefficient (Wildman–Crippen LogP) is 2.55. The van der Waals surface area contributed by atoms with Gasteiger partial charge in [-0.25, -0.2) is 0 Å². The molecular formula is C13H16F3NO2S. The van der Waals surface area contributed by atoms with Crippen LogP contribution in [0.15, 0.2) is 11.4 Å². The van der Waals surface area contributed by atoms with Crippen molar-refractivity contribution in [2.45, 2.75) is 31.4 Å². The molecule has 0 fully saturated rings. The number of thiophene rings is 1. The minimum absolute atomic E-state index is 0.283. The molecule has 0 aliphatic heterocycles. The summed E-state index contributed by atoms with van der Waals surface area (Å²) in [5.41, 5.74) is 0.858. The molecule has 0 spiro atoms. The van der Waals surface area contributed by atoms with Gasteiger partial charge in [-0.15, -0.1) is 11.3 Å². The highest BCUT2D eigenvalue weighted by Gasteiger charge is 2.37. The van der Waals surface area contributed by atoms with Gasteiger partial charge in [-0.1, -0.05) is 0 Å². The van der Waals surface area contributed by atoms with E-state index < -0.39 is 31.2 Å². The lowest BCUT2D eigenvalue weighted by Gasteiger charge is -2.29. The van der Waals surface area contributed by atoms with Crippen LogP contribution in [0.1, 0.15) is 29.2 Å². The van der Waals surface area contributed by atoms with Crippen LogP contribution in [-0.2, 0) is 11.2 Å². The zero-order valence-electron chi connectivity index (χ0n) is 10.8. The normalized spacial score (nSPS) is 18.7. The SMILES string of the molecule is O=C(C1CCCc2sccc21)N(CCO)CC(F)(F)F. The van der Waals surface area contributed by atoms with Gasteiger partial charge in [0.2, 0.25) is 5.91 Å². The number of fused-ring (bicyclic) bond motifs is 1. The molecule has 1 N–H and O–H groups in total. The average Bonchev–Trinajstić information content (AvgIpc) is 2.83. The van der Waals surface area contributed by atoms with Crippen molar-refractivity contribution < 1.29 is 23.1 Å². The quantitative estimate of drug-likeness (QED) is 0.928. The van der Waals surface area contributed by atoms with Gasteiger partial charge in [-0.3, -0.25) is 4.79 Å². The molecule has 1 unspecified atom stereocenters. The number of rotatable bonds is 4. The largest absolute Gasteiger partial charge is 0.406 e. The summed E-state index contributed by atoms with van der Waals surface area (Å²) in [6, 6.07) is 1.83. The number of halogens is 3. The fourth-order valence-corrected chi connectivity index (χ4v) is 3.56. The fraction of sp³-hybridized carbons (Fsp3) is 0.615. The number of aliphatic hydroxyl groups excluding tert-OH is 1. The highest BCUT2D eigenvalue weighted by molar-refractivity contribution is 7.10. The highest BCUT2D eigenvalue weighted by Crippen LogP contribution is 2.36. The maximum atomic E-state index is 12.5. The predicted molar refractivity (Wildman–Crippen MR) is 69.7 cm³/mol. The average molecular weight is 307 g/mol. The lowest BCUT2D eigenvalue weighted by atomic mass is 9.86. The highest BCUT2D eigenvalue weighted by atomic mass is 32.1. The number of hydrogen-bond acceptors (Lipinski definition) is 3. The van der Waals surface area contributed by atoms with Crippen molar-refractivity contribution >= 4 is 17.2 Å². The van der Waals surface area contributed by atoms with Crippen molar-refractivity contribution in [1.29, 1.82) is 0 Å². The van der Waals surface area contributed by atoms with Crippen LogP contribution in [0, 0.1) is 0 Å². The van der Waals surface area contributed by atoms with Crippen LogP contribution < -0.4 is 0 Å². The van der Waals surface area contributed by atoms with Crippen LogP contribution in [0.25, 0.3) is 0 Å². The van der Waals surface area contributed by atoms with E-state index in [-0.39, 0.29) is 6.54 Å². The summed E-state index contributed by atoms with van der Waals surface area (Å²) in [6.45, 7) is -2.05. The number of amides is 1. The van der Waals surface area contributed by atoms with Gasteiger partial charge in [0, 0.05) is 11.4 Å². The molecule has 1 aliphatic rings. The van der Waals surface area contributed by atoms with E-state index in [2.05, 4.69) is 0 Å². The number of alkyl halides is 3. The van der Waals surface area contributed by atoms with Crippen LogP contribution in [0.2, 0.25) is 0 Å². The van der Waals surface area contributed by atoms with E-state index in [1.165, 1.54) is 0 Å². The topological polar surface area (TPSA) is 40.5 Å². The molecule has 0 radical (unpaired) electrons. The summed E-state index contributed by atoms with van der Waals surface area (Å²) in [5, 5.41) is 10.7. The van der Waals surface area contributed by atoms with Crippen molar-refractivity contribution in [3.63, 3.8) is 0 Å². The zero-order chi connectivity index (χ0) is 14.8. The molecule has 0 saturated carbocycles. The van der Waals surface area contributed by atoms with Gasteiger partial charge in [-0.05, 0) is 36.3 Å². The van der Waals surface area contributed by atoms with E-state index in [1.54, 1.807) is 11.3 Å². The van der Waals surface area contributed by atoms with Gasteiger partial charge in [0.05, 0.1) is 12.5 Å². The van der Waals surface area contributed by atoms with E-state index in [0.717, 1.165) is 28.2 Å². The molecular weight excluding hydrogens is 291 g/mol. The zero-order valence-corrected chi connectivity index (χ0v) is 11.6. The maximum absolute atomic E-state index is 12.5. The van der Waals surface area contributed by atoms with Crippen LogP contribution >= 0.6 is 11.3 Å². The van der Waals surface area contributed by atoms with Crippen molar-refractivity contribution in [3.8, 4) is 0 Å². The van der Waals surface area contributed by atoms with Crippen molar-refractivity contribution in [2.24, 2.45) is 0 Å². The number of aryl methyl sites for hydroxylation is 1. The van der Waals surface area contributed by atoms with Crippen molar-refractivity contribution in [3.05, 3.63) is 21.9 Å². The summed E-state index contributed by atoms with van der Waals surface area (Å²) in [6.07, 6.45) is -2.18. The molecule has 2 rings (SSSR count). The first-order valence-corrected chi connectivity index (χ1v) is 7.33. The lowest BCUT2D eigenvalue weighted by Crippen LogP contribution is -2.43. The van der Waals surface area contributed by atoms with Gasteiger partial charge in [-0.2, -0.15) is 13.2 Å². The van der Waals surface area contributed by atoms with Crippen LogP contribution in [0.3, 0.4) is 0 Å². The third-order valence-electron chi connectivity index (χ3n) is 3.40. The monoisotopic (exact) mass is 307 g/mol. The summed E-state index contributed by atoms with van der Waals surface area (Å²) in [7, 11) is 0. The summed E-state index contributed by atoms with van der Waals surface area (Å²) in [4.78, 5) is 14.2. The van der Waals surface area contributed by atoms with Gasteiger partial charge in [0.25, 0.3) is 0 Å². The fourth-order valence-electron chi connectivity index (χ4n) is 2.57. The van der Waals surface area contributed by atoms with Crippen LogP contribution in [0.5, 0.6) is 0 Å². The molecule has 0 aromatic carbocycles. The van der Waals surface area contributed by atoms with Gasteiger partial charge in [0.15, 0.2) is 0 Å². The number of carbonyl (C=O) groups is 1. The van der Waals surface area contributed by atoms with Crippen molar-refractivity contribution in [2.75, 3.05) is 19.7 Å². The molecule has 1 aliphatic carbocycles. The summed E-state index contributed by atoms with van der Waals surface area (Å²) in [5.74, 6) is -1.03. The third-order valence-corrected chi connectivity index (χ3v) is 4.40. The second-order valence-corrected chi connectivity index (χ2v) is 5.84. The molecule has 0 bridgehead atoms. The Morgan fingerprint density at radius 1 is 1.50 bits per heavy atom. The molecule has 1 heterocycles. The smallest absolute Gasteiger partial charge is 0.395 e. The van der Waals surface area contributed by atoms with E-state index in [0.29, 0.717) is 6.42 Å². The van der Waals surface area contributed by atoms with E-state index >= 15 is 0 Å². The van der Waals surface area contributed by atoms with Crippen LogP contribution in [-0.4, -0.2) is 41.8 Å². The van der Waals surface area contributed by atoms with Gasteiger partial charge < -0.3 is 10.0 Å². The standard InChI is InChI=1S/C13H16F3NO2S/c14-13(15,16)8-17(5-6-18)12(19)10-2-1-3-11-9(10)4-7-20-11/h4,7,10,18H,1-3,5-6,8H2. The molecule has 1 atom stereocenters. The number of carbonyl (C=O) groups excluding carboxylic acids is 1. The Hall–Kier alpha value is -1.08. The molecule has 0 saturated heterocycles. The Labute approximate surface area is 119 Å². The van der Waals surface area contributed by atoms with E-state index in [4.69, 9.17) is 5.11 Å². The lowest BCUT2D eigenvalue weighted by molar-refractivity contribution is -0.163. The second-order valence-electron chi connectivity index (χ2n) is 4.84. The minimum atomic E-state index is -4.45. The third kappa shape index (κ3) is 3.52. The summed E-state index contributed by atoms with van der Waals surface area (Å²) >= 11 is 1.54. The minimum Gasteiger partial charge on any atom is -0.395 e. The molecule has 3 nitrogen and oxygen atoms in total. The molecule has 1 aromatic rings. The molecule has 20 heavy (non-hydrogen) atoms. The summed E-state index contributed by atoms with van der Waals surface area (Å²) < 4.78 is 37.6. The Bertz CT molecular complexity index is 472. The first-order valence-electron chi connectivity index (χ1n) is 6.45. The first-order chi connectivity index (χ1) is 9.42. The first kappa shape index (κ1) is 15.3. The maximum Gasteiger partial charge on any atom is 0.406 e. The molecule has 7 heteroatoms. The van der Waals surface area contributed by atoms with Crippen molar-refractivity contribution in [1.82, 2.24) is 4.90 Å². The number of aliphatic hydroxyl groups is 1. The Morgan fingerprint density at radius 3 is 2.90 bits per heavy atom. The van der Waals surface area contributed by atoms with Crippen LogP contribution in [0.4, 0.5) is 13.2 Å². The Kier molecular flexibility index (Phi) is 4.70. The number of hydrogen-bond donors (Lipinski definition) is 1. The molecule has 1 aromatic heterocycles. The molecule has 112 valence electrons. The van der Waals surface area contributed by atoms with Gasteiger partial charge in [0.1, 0.15) is 6.54 Å². The molecule has 1 amide bonds. The number of nitrogens with zero attached hydrogens (tertiary/aromatic N) is 1. The van der Waals surface area contributed by atoms with E-state index in [9.17, 15) is 18.0 Å². The van der Waals surface area contributed by atoms with E-state index in [1.807, 2.05) is 11.4 Å². The second kappa shape index (κ2) is 6.13. The van der Waals surface area contributed by atoms with Gasteiger partial charge >= 0.3 is 6.18 Å².